The van der Waals surface area contributed by atoms with Crippen molar-refractivity contribution in [1.82, 2.24) is 4.57 Å². The van der Waals surface area contributed by atoms with Gasteiger partial charge in [-0.25, -0.2) is 0 Å². The van der Waals surface area contributed by atoms with Crippen molar-refractivity contribution >= 4 is 53.3 Å². The zero-order chi connectivity index (χ0) is 37.2. The zero-order valence-electron chi connectivity index (χ0n) is 30.9. The summed E-state index contributed by atoms with van der Waals surface area (Å²) in [5.41, 5.74) is 18.9. The molecular weight excluding hydrogens is 707 g/mol. The van der Waals surface area contributed by atoms with Crippen LogP contribution in [-0.2, 0) is 5.41 Å². The molecule has 11 aromatic rings. The predicted molar refractivity (Wildman–Crippen MR) is 241 cm³/mol. The minimum absolute atomic E-state index is 0.406. The van der Waals surface area contributed by atoms with E-state index in [1.807, 2.05) is 11.3 Å². The maximum absolute atomic E-state index is 2.54. The quantitative estimate of drug-likeness (QED) is 0.170. The van der Waals surface area contributed by atoms with Gasteiger partial charge in [0.05, 0.1) is 16.4 Å². The standard InChI is InChI=1S/C55H33NS/c1-2-13-34(14-3-1)36-27-30-42-46-32-45-41-17-6-10-23-49(41)55(47-21-8-4-15-39(47)40-16-5-9-22-48(40)55)50(45)33-52(46)56(51(42)31-36)37-28-25-35(26-29-37)38-19-12-20-44-43-18-7-11-24-53(43)57-54(38)44/h1-33H. The molecule has 2 aliphatic rings. The van der Waals surface area contributed by atoms with Crippen molar-refractivity contribution in [3.63, 3.8) is 0 Å². The molecule has 2 aromatic heterocycles. The summed E-state index contributed by atoms with van der Waals surface area (Å²) in [6, 6.07) is 74.9. The number of rotatable bonds is 3. The van der Waals surface area contributed by atoms with Gasteiger partial charge in [0.1, 0.15) is 0 Å². The van der Waals surface area contributed by atoms with Crippen molar-refractivity contribution in [2.24, 2.45) is 0 Å². The average molecular weight is 740 g/mol. The Kier molecular flexibility index (Phi) is 6.31. The summed E-state index contributed by atoms with van der Waals surface area (Å²) in [7, 11) is 0. The molecule has 13 rings (SSSR count). The lowest BCUT2D eigenvalue weighted by atomic mass is 9.70. The second-order valence-electron chi connectivity index (χ2n) is 15.6. The molecule has 0 unspecified atom stereocenters. The Morgan fingerprint density at radius 1 is 0.333 bits per heavy atom. The van der Waals surface area contributed by atoms with Crippen molar-refractivity contribution in [2.75, 3.05) is 0 Å². The van der Waals surface area contributed by atoms with Gasteiger partial charge in [-0.1, -0.05) is 164 Å². The molecule has 2 heterocycles. The lowest BCUT2D eigenvalue weighted by Gasteiger charge is -2.30. The van der Waals surface area contributed by atoms with Gasteiger partial charge in [-0.2, -0.15) is 0 Å². The largest absolute Gasteiger partial charge is 0.309 e. The molecule has 0 N–H and O–H groups in total. The van der Waals surface area contributed by atoms with Gasteiger partial charge in [0.25, 0.3) is 0 Å². The van der Waals surface area contributed by atoms with Crippen LogP contribution in [0.25, 0.3) is 92.2 Å². The Labute approximate surface area is 334 Å². The Morgan fingerprint density at radius 3 is 1.65 bits per heavy atom. The molecule has 0 saturated heterocycles. The number of hydrogen-bond donors (Lipinski definition) is 0. The number of benzene rings is 9. The van der Waals surface area contributed by atoms with Crippen molar-refractivity contribution in [3.8, 4) is 50.2 Å². The molecular formula is C55H33NS. The molecule has 264 valence electrons. The number of thiophene rings is 1. The van der Waals surface area contributed by atoms with Gasteiger partial charge < -0.3 is 4.57 Å². The number of nitrogens with zero attached hydrogens (tertiary/aromatic N) is 1. The maximum Gasteiger partial charge on any atom is 0.0726 e. The summed E-state index contributed by atoms with van der Waals surface area (Å²) in [4.78, 5) is 0. The highest BCUT2D eigenvalue weighted by atomic mass is 32.1. The summed E-state index contributed by atoms with van der Waals surface area (Å²) in [6.07, 6.45) is 0. The van der Waals surface area contributed by atoms with Gasteiger partial charge in [-0.15, -0.1) is 11.3 Å². The third-order valence-electron chi connectivity index (χ3n) is 12.8. The van der Waals surface area contributed by atoms with E-state index in [0.29, 0.717) is 0 Å². The van der Waals surface area contributed by atoms with Crippen LogP contribution in [0.2, 0.25) is 0 Å². The van der Waals surface area contributed by atoms with Crippen LogP contribution in [0, 0.1) is 0 Å². The summed E-state index contributed by atoms with van der Waals surface area (Å²) in [5.74, 6) is 0. The van der Waals surface area contributed by atoms with Crippen LogP contribution < -0.4 is 0 Å². The van der Waals surface area contributed by atoms with Gasteiger partial charge in [-0.3, -0.25) is 0 Å². The van der Waals surface area contributed by atoms with Gasteiger partial charge in [0.15, 0.2) is 0 Å². The van der Waals surface area contributed by atoms with E-state index in [9.17, 15) is 0 Å². The fourth-order valence-electron chi connectivity index (χ4n) is 10.5. The van der Waals surface area contributed by atoms with Crippen molar-refractivity contribution in [2.45, 2.75) is 5.41 Å². The maximum atomic E-state index is 2.54. The highest BCUT2D eigenvalue weighted by Crippen LogP contribution is 2.63. The Balaban J connectivity index is 1.09. The molecule has 0 aliphatic heterocycles. The average Bonchev–Trinajstić information content (AvgIpc) is 3.99. The van der Waals surface area contributed by atoms with Gasteiger partial charge in [0, 0.05) is 36.6 Å². The molecule has 9 aromatic carbocycles. The van der Waals surface area contributed by atoms with E-state index in [0.717, 1.165) is 5.69 Å². The van der Waals surface area contributed by atoms with E-state index < -0.39 is 5.41 Å². The zero-order valence-corrected chi connectivity index (χ0v) is 31.7. The number of fused-ring (bicyclic) bond motifs is 16. The molecule has 2 heteroatoms. The van der Waals surface area contributed by atoms with Crippen LogP contribution >= 0.6 is 11.3 Å². The van der Waals surface area contributed by atoms with Crippen LogP contribution in [0.3, 0.4) is 0 Å². The molecule has 0 fully saturated rings. The first kappa shape index (κ1) is 31.2. The molecule has 57 heavy (non-hydrogen) atoms. The van der Waals surface area contributed by atoms with Crippen LogP contribution in [0.5, 0.6) is 0 Å². The summed E-state index contributed by atoms with van der Waals surface area (Å²) < 4.78 is 5.19. The van der Waals surface area contributed by atoms with Gasteiger partial charge >= 0.3 is 0 Å². The van der Waals surface area contributed by atoms with Crippen molar-refractivity contribution in [1.29, 1.82) is 0 Å². The molecule has 0 saturated carbocycles. The Morgan fingerprint density at radius 2 is 0.912 bits per heavy atom. The Bertz CT molecular complexity index is 3410. The minimum atomic E-state index is -0.406. The van der Waals surface area contributed by atoms with E-state index in [4.69, 9.17) is 0 Å². The number of hydrogen-bond acceptors (Lipinski definition) is 1. The first-order valence-electron chi connectivity index (χ1n) is 19.8. The summed E-state index contributed by atoms with van der Waals surface area (Å²) in [5, 5.41) is 5.19. The number of aromatic nitrogens is 1. The van der Waals surface area contributed by atoms with Crippen molar-refractivity contribution in [3.05, 3.63) is 222 Å². The van der Waals surface area contributed by atoms with Crippen LogP contribution in [0.1, 0.15) is 22.3 Å². The SMILES string of the molecule is c1ccc(-c2ccc3c4cc5c(cc4n(-c4ccc(-c6cccc7c6sc6ccccc67)cc4)c3c2)C2(c3ccccc3-c3ccccc32)c2ccccc2-5)cc1. The normalized spacial score (nSPS) is 13.4. The topological polar surface area (TPSA) is 4.93 Å². The highest BCUT2D eigenvalue weighted by Gasteiger charge is 2.51. The molecule has 2 aliphatic carbocycles. The van der Waals surface area contributed by atoms with Crippen LogP contribution in [0.4, 0.5) is 0 Å². The first-order chi connectivity index (χ1) is 28.3. The molecule has 0 radical (unpaired) electrons. The van der Waals surface area contributed by atoms with E-state index >= 15 is 0 Å². The fourth-order valence-corrected chi connectivity index (χ4v) is 11.7. The Hall–Kier alpha value is -7.00. The van der Waals surface area contributed by atoms with E-state index in [1.54, 1.807) is 0 Å². The third-order valence-corrected chi connectivity index (χ3v) is 14.1. The molecule has 1 nitrogen and oxygen atoms in total. The van der Waals surface area contributed by atoms with E-state index in [-0.39, 0.29) is 0 Å². The van der Waals surface area contributed by atoms with E-state index in [1.165, 1.54) is 109 Å². The van der Waals surface area contributed by atoms with Crippen molar-refractivity contribution < 1.29 is 0 Å². The van der Waals surface area contributed by atoms with Gasteiger partial charge in [0.2, 0.25) is 0 Å². The monoisotopic (exact) mass is 739 g/mol. The summed E-state index contributed by atoms with van der Waals surface area (Å²) >= 11 is 1.89. The minimum Gasteiger partial charge on any atom is -0.309 e. The highest BCUT2D eigenvalue weighted by molar-refractivity contribution is 7.26. The second-order valence-corrected chi connectivity index (χ2v) is 16.6. The van der Waals surface area contributed by atoms with Crippen LogP contribution in [0.15, 0.2) is 200 Å². The smallest absolute Gasteiger partial charge is 0.0726 e. The van der Waals surface area contributed by atoms with E-state index in [2.05, 4.69) is 205 Å². The fraction of sp³-hybridized carbons (Fsp3) is 0.0182. The lowest BCUT2D eigenvalue weighted by molar-refractivity contribution is 0.794. The second kappa shape index (κ2) is 11.5. The van der Waals surface area contributed by atoms with Crippen LogP contribution in [-0.4, -0.2) is 4.57 Å². The molecule has 0 atom stereocenters. The molecule has 1 spiro atoms. The molecule has 0 bridgehead atoms. The third kappa shape index (κ3) is 4.12. The summed E-state index contributed by atoms with van der Waals surface area (Å²) in [6.45, 7) is 0. The van der Waals surface area contributed by atoms with Gasteiger partial charge in [-0.05, 0) is 103 Å². The lowest BCUT2D eigenvalue weighted by Crippen LogP contribution is -2.25. The predicted octanol–water partition coefficient (Wildman–Crippen LogP) is 14.8. The first-order valence-corrected chi connectivity index (χ1v) is 20.6. The molecule has 0 amide bonds.